The first-order chi connectivity index (χ1) is 11.0. The minimum absolute atomic E-state index is 0.0491. The van der Waals surface area contributed by atoms with Gasteiger partial charge in [0.1, 0.15) is 5.82 Å². The van der Waals surface area contributed by atoms with Crippen LogP contribution in [0.15, 0.2) is 46.2 Å². The number of hydrogen-bond acceptors (Lipinski definition) is 3. The van der Waals surface area contributed by atoms with Crippen molar-refractivity contribution in [1.29, 1.82) is 0 Å². The maximum atomic E-state index is 13.1. The first-order valence-corrected chi connectivity index (χ1v) is 9.07. The summed E-state index contributed by atoms with van der Waals surface area (Å²) in [5.41, 5.74) is -4.57. The number of sulfonamides is 1. The van der Waals surface area contributed by atoms with Crippen LogP contribution >= 0.6 is 35.0 Å². The highest BCUT2D eigenvalue weighted by atomic mass is 35.5. The maximum Gasteiger partial charge on any atom is 0.446 e. The van der Waals surface area contributed by atoms with Gasteiger partial charge in [-0.3, -0.25) is 4.72 Å². The second kappa shape index (κ2) is 6.99. The van der Waals surface area contributed by atoms with Crippen molar-refractivity contribution < 1.29 is 26.0 Å². The lowest BCUT2D eigenvalue weighted by molar-refractivity contribution is -0.0328. The Morgan fingerprint density at radius 3 is 2.21 bits per heavy atom. The number of thioether (sulfide) groups is 1. The Labute approximate surface area is 149 Å². The summed E-state index contributed by atoms with van der Waals surface area (Å²) in [6.45, 7) is 0. The molecule has 2 aromatic carbocycles. The molecule has 24 heavy (non-hydrogen) atoms. The third-order valence-electron chi connectivity index (χ3n) is 2.61. The van der Waals surface area contributed by atoms with E-state index in [2.05, 4.69) is 4.72 Å². The minimum atomic E-state index is -4.52. The van der Waals surface area contributed by atoms with Crippen LogP contribution in [0.5, 0.6) is 0 Å². The number of hydrogen-bond donors (Lipinski definition) is 1. The number of halogens is 6. The third kappa shape index (κ3) is 4.92. The molecule has 0 aliphatic carbocycles. The zero-order valence-electron chi connectivity index (χ0n) is 11.4. The highest BCUT2D eigenvalue weighted by molar-refractivity contribution is 8.00. The molecule has 0 saturated heterocycles. The molecule has 1 N–H and O–H groups in total. The van der Waals surface area contributed by atoms with Gasteiger partial charge < -0.3 is 0 Å². The molecule has 0 spiro atoms. The molecule has 2 aromatic rings. The molecule has 0 heterocycles. The maximum absolute atomic E-state index is 13.1. The standard InChI is InChI=1S/C13H7Cl2F4NO2S2/c14-9-6-8(2-3-11(9)16)24(21,22)20-7-1-4-12(10(15)5-7)23-13(17,18)19/h1-6,20H. The summed E-state index contributed by atoms with van der Waals surface area (Å²) in [6.07, 6.45) is 0. The number of alkyl halides is 3. The highest BCUT2D eigenvalue weighted by Gasteiger charge is 2.30. The molecule has 0 bridgehead atoms. The molecule has 0 aliphatic rings. The Bertz CT molecular complexity index is 873. The molecule has 0 atom stereocenters. The quantitative estimate of drug-likeness (QED) is 0.522. The fourth-order valence-electron chi connectivity index (χ4n) is 1.63. The van der Waals surface area contributed by atoms with Crippen molar-refractivity contribution in [3.8, 4) is 0 Å². The highest BCUT2D eigenvalue weighted by Crippen LogP contribution is 2.41. The number of nitrogens with one attached hydrogen (secondary N) is 1. The summed E-state index contributed by atoms with van der Waals surface area (Å²) in [4.78, 5) is -0.573. The fraction of sp³-hybridized carbons (Fsp3) is 0.0769. The van der Waals surface area contributed by atoms with Gasteiger partial charge in [0.2, 0.25) is 0 Å². The molecule has 0 saturated carbocycles. The zero-order valence-corrected chi connectivity index (χ0v) is 14.5. The van der Waals surface area contributed by atoms with Crippen LogP contribution in [0.3, 0.4) is 0 Å². The van der Waals surface area contributed by atoms with E-state index in [-0.39, 0.29) is 25.5 Å². The van der Waals surface area contributed by atoms with E-state index in [0.29, 0.717) is 0 Å². The molecule has 0 aromatic heterocycles. The van der Waals surface area contributed by atoms with Crippen molar-refractivity contribution in [3.05, 3.63) is 52.3 Å². The molecule has 2 rings (SSSR count). The van der Waals surface area contributed by atoms with Gasteiger partial charge in [0.25, 0.3) is 10.0 Å². The van der Waals surface area contributed by atoms with Crippen LogP contribution in [0.25, 0.3) is 0 Å². The van der Waals surface area contributed by atoms with Gasteiger partial charge in [-0.1, -0.05) is 23.2 Å². The lowest BCUT2D eigenvalue weighted by Gasteiger charge is -2.11. The monoisotopic (exact) mass is 419 g/mol. The number of benzene rings is 2. The van der Waals surface area contributed by atoms with Gasteiger partial charge in [-0.2, -0.15) is 13.2 Å². The van der Waals surface area contributed by atoms with Crippen LogP contribution in [-0.2, 0) is 10.0 Å². The summed E-state index contributed by atoms with van der Waals surface area (Å²) in [7, 11) is -4.11. The molecule has 130 valence electrons. The van der Waals surface area contributed by atoms with Crippen molar-refractivity contribution in [2.45, 2.75) is 15.3 Å². The summed E-state index contributed by atoms with van der Waals surface area (Å²) < 4.78 is 76.6. The smallest absolute Gasteiger partial charge is 0.280 e. The molecule has 0 amide bonds. The van der Waals surface area contributed by atoms with Gasteiger partial charge in [0.05, 0.1) is 20.6 Å². The second-order valence-electron chi connectivity index (χ2n) is 4.37. The van der Waals surface area contributed by atoms with Crippen LogP contribution in [0.2, 0.25) is 10.0 Å². The molecule has 3 nitrogen and oxygen atoms in total. The van der Waals surface area contributed by atoms with E-state index in [1.54, 1.807) is 0 Å². The molecule has 0 aliphatic heterocycles. The summed E-state index contributed by atoms with van der Waals surface area (Å²) in [5.74, 6) is -0.785. The largest absolute Gasteiger partial charge is 0.446 e. The van der Waals surface area contributed by atoms with Gasteiger partial charge in [-0.05, 0) is 48.2 Å². The number of anilines is 1. The lowest BCUT2D eigenvalue weighted by atomic mass is 10.3. The number of rotatable bonds is 4. The van der Waals surface area contributed by atoms with Crippen LogP contribution in [0.4, 0.5) is 23.2 Å². The van der Waals surface area contributed by atoms with Crippen LogP contribution in [-0.4, -0.2) is 13.9 Å². The SMILES string of the molecule is O=S(=O)(Nc1ccc(SC(F)(F)F)c(Cl)c1)c1ccc(F)c(Cl)c1. The first-order valence-electron chi connectivity index (χ1n) is 6.01. The average Bonchev–Trinajstić information content (AvgIpc) is 2.43. The van der Waals surface area contributed by atoms with Crippen LogP contribution in [0, 0.1) is 5.82 Å². The van der Waals surface area contributed by atoms with E-state index in [0.717, 1.165) is 36.4 Å². The topological polar surface area (TPSA) is 46.2 Å². The van der Waals surface area contributed by atoms with Crippen molar-refractivity contribution in [2.75, 3.05) is 4.72 Å². The van der Waals surface area contributed by atoms with Crippen LogP contribution < -0.4 is 4.72 Å². The molecule has 0 fully saturated rings. The predicted molar refractivity (Wildman–Crippen MR) is 85.6 cm³/mol. The molecule has 11 heteroatoms. The zero-order chi connectivity index (χ0) is 18.1. The Hall–Kier alpha value is -1.16. The van der Waals surface area contributed by atoms with Gasteiger partial charge in [-0.15, -0.1) is 0 Å². The second-order valence-corrected chi connectivity index (χ2v) is 7.98. The lowest BCUT2D eigenvalue weighted by Crippen LogP contribution is -2.13. The predicted octanol–water partition coefficient (Wildman–Crippen LogP) is 5.55. The van der Waals surface area contributed by atoms with E-state index in [9.17, 15) is 26.0 Å². The third-order valence-corrected chi connectivity index (χ3v) is 5.51. The van der Waals surface area contributed by atoms with Gasteiger partial charge in [0, 0.05) is 4.90 Å². The van der Waals surface area contributed by atoms with Gasteiger partial charge >= 0.3 is 5.51 Å². The first kappa shape index (κ1) is 19.2. The van der Waals surface area contributed by atoms with E-state index >= 15 is 0 Å². The van der Waals surface area contributed by atoms with Crippen LogP contribution in [0.1, 0.15) is 0 Å². The average molecular weight is 420 g/mol. The normalized spacial score (nSPS) is 12.2. The molecular weight excluding hydrogens is 413 g/mol. The summed E-state index contributed by atoms with van der Waals surface area (Å²) in [5, 5.41) is -0.650. The van der Waals surface area contributed by atoms with E-state index < -0.39 is 33.1 Å². The van der Waals surface area contributed by atoms with Crippen molar-refractivity contribution in [3.63, 3.8) is 0 Å². The Morgan fingerprint density at radius 2 is 1.67 bits per heavy atom. The molecule has 0 radical (unpaired) electrons. The van der Waals surface area contributed by atoms with Crippen molar-refractivity contribution in [1.82, 2.24) is 0 Å². The minimum Gasteiger partial charge on any atom is -0.280 e. The van der Waals surface area contributed by atoms with Gasteiger partial charge in [0.15, 0.2) is 0 Å². The molecular formula is C13H7Cl2F4NO2S2. The van der Waals surface area contributed by atoms with E-state index in [1.165, 1.54) is 0 Å². The van der Waals surface area contributed by atoms with E-state index in [4.69, 9.17) is 23.2 Å². The summed E-state index contributed by atoms with van der Waals surface area (Å²) in [6, 6.07) is 6.00. The van der Waals surface area contributed by atoms with E-state index in [1.807, 2.05) is 0 Å². The van der Waals surface area contributed by atoms with Gasteiger partial charge in [-0.25, -0.2) is 12.8 Å². The Kier molecular flexibility index (Phi) is 5.58. The molecule has 0 unspecified atom stereocenters. The van der Waals surface area contributed by atoms with Crippen molar-refractivity contribution >= 4 is 50.7 Å². The Balaban J connectivity index is 2.27. The fourth-order valence-corrected chi connectivity index (χ4v) is 3.79. The summed E-state index contributed by atoms with van der Waals surface area (Å²) >= 11 is 10.8. The Morgan fingerprint density at radius 1 is 1.00 bits per heavy atom. The van der Waals surface area contributed by atoms with Crippen molar-refractivity contribution in [2.24, 2.45) is 0 Å².